The summed E-state index contributed by atoms with van der Waals surface area (Å²) in [5, 5.41) is 3.55. The van der Waals surface area contributed by atoms with Crippen LogP contribution in [0.3, 0.4) is 0 Å². The summed E-state index contributed by atoms with van der Waals surface area (Å²) >= 11 is 0. The zero-order valence-electron chi connectivity index (χ0n) is 14.0. The number of hydrogen-bond acceptors (Lipinski definition) is 1. The molecule has 0 aromatic heterocycles. The van der Waals surface area contributed by atoms with Gasteiger partial charge in [-0.25, -0.2) is 0 Å². The lowest BCUT2D eigenvalue weighted by molar-refractivity contribution is 0.414. The molecule has 22 heavy (non-hydrogen) atoms. The maximum Gasteiger partial charge on any atom is 0.161 e. The van der Waals surface area contributed by atoms with Crippen LogP contribution >= 0.6 is 0 Å². The van der Waals surface area contributed by atoms with Crippen LogP contribution in [0.5, 0.6) is 0 Å². The van der Waals surface area contributed by atoms with Crippen LogP contribution in [0, 0.1) is 0 Å². The Morgan fingerprint density at radius 2 is 1.64 bits per heavy atom. The molecular weight excluding hydrogens is 268 g/mol. The van der Waals surface area contributed by atoms with Gasteiger partial charge in [0.05, 0.1) is 13.6 Å². The second kappa shape index (κ2) is 7.28. The van der Waals surface area contributed by atoms with Crippen LogP contribution in [-0.4, -0.2) is 13.6 Å². The van der Waals surface area contributed by atoms with Gasteiger partial charge in [0.1, 0.15) is 11.4 Å². The predicted molar refractivity (Wildman–Crippen MR) is 98.5 cm³/mol. The first kappa shape index (κ1) is 16.3. The predicted octanol–water partition coefficient (Wildman–Crippen LogP) is 5.70. The van der Waals surface area contributed by atoms with Crippen LogP contribution < -0.4 is 9.80 Å². The Balaban J connectivity index is 2.40. The monoisotopic (exact) mass is 295 g/mol. The first-order valence-electron chi connectivity index (χ1n) is 8.07. The minimum atomic E-state index is 0.768. The van der Waals surface area contributed by atoms with Crippen molar-refractivity contribution in [2.24, 2.45) is 0 Å². The molecule has 2 aromatic rings. The smallest absolute Gasteiger partial charge is 0.161 e. The minimum Gasteiger partial charge on any atom is -0.351 e. The average molecular weight is 295 g/mol. The average Bonchev–Trinajstić information content (AvgIpc) is 2.56. The highest BCUT2D eigenvalue weighted by Gasteiger charge is 2.29. The van der Waals surface area contributed by atoms with Gasteiger partial charge in [0.25, 0.3) is 0 Å². The van der Waals surface area contributed by atoms with Crippen LogP contribution in [0.25, 0.3) is 0 Å². The van der Waals surface area contributed by atoms with Crippen LogP contribution in [0.1, 0.15) is 26.7 Å². The van der Waals surface area contributed by atoms with E-state index in [0.29, 0.717) is 0 Å². The first-order chi connectivity index (χ1) is 10.6. The lowest BCUT2D eigenvalue weighted by Crippen LogP contribution is -2.43. The number of anilines is 2. The fourth-order valence-corrected chi connectivity index (χ4v) is 2.79. The van der Waals surface area contributed by atoms with Crippen molar-refractivity contribution in [1.29, 1.82) is 0 Å². The Kier molecular flexibility index (Phi) is 5.40. The molecule has 0 amide bonds. The van der Waals surface area contributed by atoms with E-state index < -0.39 is 0 Å². The molecule has 0 aliphatic rings. The SMILES string of the molecule is C=C(CCC)[N+](C)(CC)c1ccccc1Nc1ccccc1. The Hall–Kier alpha value is -2.06. The molecule has 2 rings (SSSR count). The topological polar surface area (TPSA) is 12.0 Å². The normalized spacial score (nSPS) is 13.4. The van der Waals surface area contributed by atoms with Crippen molar-refractivity contribution >= 4 is 17.1 Å². The zero-order chi connectivity index (χ0) is 16.0. The van der Waals surface area contributed by atoms with E-state index in [9.17, 15) is 0 Å². The Labute approximate surface area is 134 Å². The molecule has 0 bridgehead atoms. The summed E-state index contributed by atoms with van der Waals surface area (Å²) in [7, 11) is 2.25. The van der Waals surface area contributed by atoms with E-state index in [1.807, 2.05) is 6.07 Å². The number of nitrogens with zero attached hydrogens (tertiary/aromatic N) is 1. The number of benzene rings is 2. The highest BCUT2D eigenvalue weighted by molar-refractivity contribution is 5.74. The summed E-state index contributed by atoms with van der Waals surface area (Å²) in [6.07, 6.45) is 2.17. The molecule has 0 fully saturated rings. The van der Waals surface area contributed by atoms with Crippen molar-refractivity contribution in [3.8, 4) is 0 Å². The third kappa shape index (κ3) is 3.40. The minimum absolute atomic E-state index is 0.768. The molecule has 0 radical (unpaired) electrons. The quantitative estimate of drug-likeness (QED) is 0.646. The second-order valence-electron chi connectivity index (χ2n) is 5.83. The molecule has 0 heterocycles. The molecule has 1 atom stereocenters. The van der Waals surface area contributed by atoms with E-state index in [-0.39, 0.29) is 0 Å². The van der Waals surface area contributed by atoms with E-state index in [1.54, 1.807) is 0 Å². The lowest BCUT2D eigenvalue weighted by Gasteiger charge is -2.35. The van der Waals surface area contributed by atoms with E-state index in [1.165, 1.54) is 11.4 Å². The van der Waals surface area contributed by atoms with Gasteiger partial charge in [-0.2, -0.15) is 0 Å². The Morgan fingerprint density at radius 1 is 1.00 bits per heavy atom. The van der Waals surface area contributed by atoms with Gasteiger partial charge in [0.2, 0.25) is 0 Å². The van der Waals surface area contributed by atoms with E-state index in [4.69, 9.17) is 0 Å². The summed E-state index contributed by atoms with van der Waals surface area (Å²) < 4.78 is 0.768. The molecule has 0 aliphatic carbocycles. The zero-order valence-corrected chi connectivity index (χ0v) is 14.0. The molecule has 2 aromatic carbocycles. The van der Waals surface area contributed by atoms with Crippen molar-refractivity contribution in [3.05, 3.63) is 66.9 Å². The molecule has 116 valence electrons. The van der Waals surface area contributed by atoms with Gasteiger partial charge in [-0.3, -0.25) is 4.48 Å². The fourth-order valence-electron chi connectivity index (χ4n) is 2.79. The van der Waals surface area contributed by atoms with Gasteiger partial charge >= 0.3 is 0 Å². The summed E-state index contributed by atoms with van der Waals surface area (Å²) in [6, 6.07) is 18.9. The molecule has 0 spiro atoms. The van der Waals surface area contributed by atoms with Crippen molar-refractivity contribution in [3.63, 3.8) is 0 Å². The molecule has 2 heteroatoms. The largest absolute Gasteiger partial charge is 0.351 e. The number of allylic oxidation sites excluding steroid dienone is 1. The third-order valence-corrected chi connectivity index (χ3v) is 4.36. The van der Waals surface area contributed by atoms with Gasteiger partial charge in [-0.1, -0.05) is 37.3 Å². The summed E-state index contributed by atoms with van der Waals surface area (Å²) in [4.78, 5) is 0. The van der Waals surface area contributed by atoms with Crippen LogP contribution in [0.2, 0.25) is 0 Å². The van der Waals surface area contributed by atoms with E-state index in [0.717, 1.165) is 35.2 Å². The first-order valence-corrected chi connectivity index (χ1v) is 8.07. The highest BCUT2D eigenvalue weighted by atomic mass is 15.3. The standard InChI is InChI=1S/C20H27N2/c1-5-12-17(3)22(4,6-2)20-16-11-10-15-19(20)21-18-13-8-7-9-14-18/h7-11,13-16,21H,3,5-6,12H2,1-2,4H3/q+1. The van der Waals surface area contributed by atoms with Crippen LogP contribution in [-0.2, 0) is 0 Å². The van der Waals surface area contributed by atoms with Crippen LogP contribution in [0.15, 0.2) is 66.9 Å². The summed E-state index contributed by atoms with van der Waals surface area (Å²) in [6.45, 7) is 9.78. The summed E-state index contributed by atoms with van der Waals surface area (Å²) in [5.41, 5.74) is 4.79. The van der Waals surface area contributed by atoms with E-state index >= 15 is 0 Å². The Bertz CT molecular complexity index is 619. The van der Waals surface area contributed by atoms with Crippen molar-refractivity contribution in [1.82, 2.24) is 4.48 Å². The van der Waals surface area contributed by atoms with Gasteiger partial charge < -0.3 is 5.32 Å². The van der Waals surface area contributed by atoms with Gasteiger partial charge in [-0.05, 0) is 38.1 Å². The number of hydrogen-bond donors (Lipinski definition) is 1. The van der Waals surface area contributed by atoms with Gasteiger partial charge in [0, 0.05) is 18.2 Å². The van der Waals surface area contributed by atoms with E-state index in [2.05, 4.69) is 81.3 Å². The Morgan fingerprint density at radius 3 is 2.27 bits per heavy atom. The molecule has 1 unspecified atom stereocenters. The molecule has 0 saturated carbocycles. The van der Waals surface area contributed by atoms with Gasteiger partial charge in [-0.15, -0.1) is 0 Å². The van der Waals surface area contributed by atoms with Crippen LogP contribution in [0.4, 0.5) is 17.1 Å². The number of para-hydroxylation sites is 3. The molecular formula is C20H27N2+. The van der Waals surface area contributed by atoms with Crippen molar-refractivity contribution in [2.75, 3.05) is 18.9 Å². The molecule has 0 saturated heterocycles. The van der Waals surface area contributed by atoms with Gasteiger partial charge in [0.15, 0.2) is 5.69 Å². The molecule has 1 N–H and O–H groups in total. The number of quaternary nitrogens is 1. The summed E-state index contributed by atoms with van der Waals surface area (Å²) in [5.74, 6) is 0. The maximum absolute atomic E-state index is 4.36. The van der Waals surface area contributed by atoms with Crippen molar-refractivity contribution < 1.29 is 0 Å². The molecule has 0 aliphatic heterocycles. The van der Waals surface area contributed by atoms with Crippen molar-refractivity contribution in [2.45, 2.75) is 26.7 Å². The highest BCUT2D eigenvalue weighted by Crippen LogP contribution is 2.36. The number of nitrogens with one attached hydrogen (secondary N) is 1. The third-order valence-electron chi connectivity index (χ3n) is 4.36. The maximum atomic E-state index is 4.36. The number of rotatable bonds is 7. The lowest BCUT2D eigenvalue weighted by atomic mass is 10.1. The second-order valence-corrected chi connectivity index (χ2v) is 5.83. The molecule has 2 nitrogen and oxygen atoms in total. The fraction of sp³-hybridized carbons (Fsp3) is 0.300.